The average molecular weight is 734 g/mol. The lowest BCUT2D eigenvalue weighted by Gasteiger charge is -2.34. The van der Waals surface area contributed by atoms with Crippen LogP contribution in [0.25, 0.3) is 0 Å². The molecule has 15 heteroatoms. The number of aryl methyl sites for hydroxylation is 1. The van der Waals surface area contributed by atoms with E-state index in [9.17, 15) is 28.1 Å². The summed E-state index contributed by atoms with van der Waals surface area (Å²) in [5.74, 6) is -1.30. The molecule has 0 aliphatic heterocycles. The zero-order valence-electron chi connectivity index (χ0n) is 26.0. The molecule has 0 aliphatic rings. The molecule has 4 rings (SSSR count). The van der Waals surface area contributed by atoms with Crippen molar-refractivity contribution in [3.8, 4) is 5.75 Å². The molecule has 2 amide bonds. The van der Waals surface area contributed by atoms with Gasteiger partial charge in [-0.1, -0.05) is 77.3 Å². The van der Waals surface area contributed by atoms with Gasteiger partial charge in [-0.2, -0.15) is 0 Å². The summed E-state index contributed by atoms with van der Waals surface area (Å²) in [4.78, 5) is 39.8. The number of methoxy groups -OCH3 is 1. The number of carbonyl (C=O) groups is 2. The number of hydrogen-bond donors (Lipinski definition) is 1. The van der Waals surface area contributed by atoms with Crippen molar-refractivity contribution in [2.45, 2.75) is 30.8 Å². The van der Waals surface area contributed by atoms with E-state index in [0.29, 0.717) is 5.56 Å². The fourth-order valence-electron chi connectivity index (χ4n) is 5.02. The van der Waals surface area contributed by atoms with E-state index in [4.69, 9.17) is 39.5 Å². The Kier molecular flexibility index (Phi) is 11.9. The number of likely N-dealkylation sites (N-methyl/N-ethyl adjacent to an activating group) is 1. The molecule has 0 aromatic heterocycles. The van der Waals surface area contributed by atoms with Crippen LogP contribution in [-0.2, 0) is 32.6 Å². The number of nitro benzene ring substituents is 1. The highest BCUT2D eigenvalue weighted by molar-refractivity contribution is 7.92. The molecule has 1 N–H and O–H groups in total. The lowest BCUT2D eigenvalue weighted by atomic mass is 10.0. The highest BCUT2D eigenvalue weighted by Gasteiger charge is 2.36. The van der Waals surface area contributed by atoms with Gasteiger partial charge < -0.3 is 15.0 Å². The lowest BCUT2D eigenvalue weighted by molar-refractivity contribution is -0.385. The quantitative estimate of drug-likeness (QED) is 0.123. The Bertz CT molecular complexity index is 1920. The first kappa shape index (κ1) is 36.5. The molecule has 1 unspecified atom stereocenters. The molecule has 4 aromatic carbocycles. The van der Waals surface area contributed by atoms with E-state index in [1.165, 1.54) is 56.3 Å². The maximum Gasteiger partial charge on any atom is 0.273 e. The van der Waals surface area contributed by atoms with Crippen molar-refractivity contribution in [1.82, 2.24) is 10.2 Å². The average Bonchev–Trinajstić information content (AvgIpc) is 3.06. The number of nitro groups is 1. The first-order valence-electron chi connectivity index (χ1n) is 14.4. The minimum Gasteiger partial charge on any atom is -0.495 e. The Balaban J connectivity index is 1.91. The minimum absolute atomic E-state index is 0.0465. The summed E-state index contributed by atoms with van der Waals surface area (Å²) in [6.45, 7) is 0.336. The summed E-state index contributed by atoms with van der Waals surface area (Å²) in [7, 11) is -1.99. The molecule has 4 aromatic rings. The predicted octanol–water partition coefficient (Wildman–Crippen LogP) is 6.45. The van der Waals surface area contributed by atoms with Gasteiger partial charge in [0, 0.05) is 52.3 Å². The number of halogens is 3. The maximum absolute atomic E-state index is 14.6. The third-order valence-electron chi connectivity index (χ3n) is 7.56. The van der Waals surface area contributed by atoms with Crippen molar-refractivity contribution < 1.29 is 27.7 Å². The smallest absolute Gasteiger partial charge is 0.273 e. The van der Waals surface area contributed by atoms with E-state index in [2.05, 4.69) is 5.32 Å². The molecule has 0 heterocycles. The minimum atomic E-state index is -4.71. The van der Waals surface area contributed by atoms with Crippen molar-refractivity contribution in [1.29, 1.82) is 0 Å². The fraction of sp³-hybridized carbons (Fsp3) is 0.212. The number of rotatable bonds is 13. The van der Waals surface area contributed by atoms with Crippen LogP contribution in [0.5, 0.6) is 5.75 Å². The van der Waals surface area contributed by atoms with Crippen molar-refractivity contribution in [3.05, 3.63) is 127 Å². The number of sulfonamides is 1. The summed E-state index contributed by atoms with van der Waals surface area (Å²) < 4.78 is 35.0. The maximum atomic E-state index is 14.6. The lowest BCUT2D eigenvalue weighted by Crippen LogP contribution is -2.53. The number of ether oxygens (including phenoxy) is 1. The number of amides is 2. The van der Waals surface area contributed by atoms with E-state index in [0.717, 1.165) is 15.9 Å². The van der Waals surface area contributed by atoms with Crippen LogP contribution in [0.1, 0.15) is 16.7 Å². The Labute approximate surface area is 293 Å². The number of nitrogens with zero attached hydrogens (tertiary/aromatic N) is 3. The zero-order valence-corrected chi connectivity index (χ0v) is 29.1. The second-order valence-electron chi connectivity index (χ2n) is 10.6. The van der Waals surface area contributed by atoms with Crippen LogP contribution in [0, 0.1) is 17.0 Å². The van der Waals surface area contributed by atoms with Gasteiger partial charge in [-0.25, -0.2) is 8.42 Å². The van der Waals surface area contributed by atoms with E-state index in [1.807, 2.05) is 0 Å². The second-order valence-corrected chi connectivity index (χ2v) is 13.7. The monoisotopic (exact) mass is 732 g/mol. The number of carbonyl (C=O) groups excluding carboxylic acids is 2. The van der Waals surface area contributed by atoms with Crippen molar-refractivity contribution >= 4 is 68.0 Å². The largest absolute Gasteiger partial charge is 0.495 e. The normalized spacial score (nSPS) is 11.8. The summed E-state index contributed by atoms with van der Waals surface area (Å²) >= 11 is 19.3. The number of anilines is 1. The molecule has 0 saturated carbocycles. The van der Waals surface area contributed by atoms with Gasteiger partial charge in [0.2, 0.25) is 11.8 Å². The van der Waals surface area contributed by atoms with E-state index in [-0.39, 0.29) is 45.0 Å². The fourth-order valence-corrected chi connectivity index (χ4v) is 7.14. The number of nitrogens with one attached hydrogen (secondary N) is 1. The van der Waals surface area contributed by atoms with Gasteiger partial charge in [-0.05, 0) is 48.9 Å². The van der Waals surface area contributed by atoms with Crippen LogP contribution in [0.4, 0.5) is 11.4 Å². The Morgan fingerprint density at radius 3 is 2.23 bits per heavy atom. The van der Waals surface area contributed by atoms with Gasteiger partial charge in [-0.3, -0.25) is 24.0 Å². The van der Waals surface area contributed by atoms with Crippen molar-refractivity contribution in [2.75, 3.05) is 25.0 Å². The molecular formula is C33H31Cl3N4O7S. The van der Waals surface area contributed by atoms with Crippen molar-refractivity contribution in [2.24, 2.45) is 0 Å². The topological polar surface area (TPSA) is 139 Å². The third-order valence-corrected chi connectivity index (χ3v) is 10.3. The van der Waals surface area contributed by atoms with Crippen LogP contribution in [0.2, 0.25) is 15.1 Å². The van der Waals surface area contributed by atoms with Crippen molar-refractivity contribution in [3.63, 3.8) is 0 Å². The van der Waals surface area contributed by atoms with Gasteiger partial charge in [0.15, 0.2) is 0 Å². The van der Waals surface area contributed by atoms with Gasteiger partial charge in [0.1, 0.15) is 18.3 Å². The van der Waals surface area contributed by atoms with Crippen LogP contribution < -0.4 is 14.4 Å². The standard InChI is InChI=1S/C33H31Cl3N4O7S/c1-21-12-14-24(18-28(21)40(43)44)48(45,46)39(29-17-23(34)13-15-31(29)47-3)20-32(41)38(19-25-26(35)10-7-11-27(25)36)30(33(42)37-2)16-22-8-5-4-6-9-22/h4-15,17-18,30H,16,19-20H2,1-3H3,(H,37,42). The zero-order chi connectivity index (χ0) is 35.2. The van der Waals surface area contributed by atoms with Gasteiger partial charge in [0.05, 0.1) is 22.6 Å². The van der Waals surface area contributed by atoms with Gasteiger partial charge >= 0.3 is 0 Å². The van der Waals surface area contributed by atoms with Crippen LogP contribution in [0.15, 0.2) is 89.8 Å². The molecule has 0 saturated heterocycles. The molecule has 0 radical (unpaired) electrons. The van der Waals surface area contributed by atoms with Gasteiger partial charge in [0.25, 0.3) is 15.7 Å². The Morgan fingerprint density at radius 1 is 0.958 bits per heavy atom. The van der Waals surface area contributed by atoms with Crippen LogP contribution in [-0.4, -0.2) is 56.8 Å². The summed E-state index contributed by atoms with van der Waals surface area (Å²) in [6, 6.07) is 20.2. The molecule has 0 aliphatic carbocycles. The molecule has 0 spiro atoms. The first-order valence-corrected chi connectivity index (χ1v) is 16.9. The highest BCUT2D eigenvalue weighted by Crippen LogP contribution is 2.36. The number of benzene rings is 4. The summed E-state index contributed by atoms with van der Waals surface area (Å²) in [5, 5.41) is 14.9. The molecule has 11 nitrogen and oxygen atoms in total. The van der Waals surface area contributed by atoms with Crippen LogP contribution >= 0.6 is 34.8 Å². The SMILES string of the molecule is CNC(=O)C(Cc1ccccc1)N(Cc1c(Cl)cccc1Cl)C(=O)CN(c1cc(Cl)ccc1OC)S(=O)(=O)c1ccc(C)c([N+](=O)[O-])c1. The van der Waals surface area contributed by atoms with E-state index < -0.39 is 49.9 Å². The molecule has 0 bridgehead atoms. The van der Waals surface area contributed by atoms with Crippen LogP contribution in [0.3, 0.4) is 0 Å². The summed E-state index contributed by atoms with van der Waals surface area (Å²) in [5.41, 5.74) is 0.746. The second kappa shape index (κ2) is 15.7. The first-order chi connectivity index (χ1) is 22.8. The molecule has 0 fully saturated rings. The number of hydrogen-bond acceptors (Lipinski definition) is 7. The molecular weight excluding hydrogens is 703 g/mol. The molecule has 1 atom stereocenters. The third kappa shape index (κ3) is 8.19. The summed E-state index contributed by atoms with van der Waals surface area (Å²) in [6.07, 6.45) is 0.0612. The predicted molar refractivity (Wildman–Crippen MR) is 185 cm³/mol. The highest BCUT2D eigenvalue weighted by atomic mass is 35.5. The molecule has 252 valence electrons. The van der Waals surface area contributed by atoms with E-state index >= 15 is 0 Å². The molecule has 48 heavy (non-hydrogen) atoms. The van der Waals surface area contributed by atoms with Gasteiger partial charge in [-0.15, -0.1) is 0 Å². The Hall–Kier alpha value is -4.36. The van der Waals surface area contributed by atoms with E-state index in [1.54, 1.807) is 48.5 Å². The Morgan fingerprint density at radius 2 is 1.62 bits per heavy atom.